The van der Waals surface area contributed by atoms with E-state index in [0.717, 1.165) is 0 Å². The van der Waals surface area contributed by atoms with Gasteiger partial charge in [0.05, 0.1) is 5.69 Å². The average molecular weight is 140 g/mol. The Labute approximate surface area is 57.8 Å². The molecule has 0 bridgehead atoms. The highest BCUT2D eigenvalue weighted by atomic mass is 16.5. The molecule has 0 unspecified atom stereocenters. The molecule has 0 amide bonds. The molecule has 0 fully saturated rings. The Hall–Kier alpha value is -1.32. The smallest absolute Gasteiger partial charge is 0.376 e. The number of ether oxygens (including phenoxy) is 1. The Morgan fingerprint density at radius 3 is 3.00 bits per heavy atom. The second-order valence-corrected chi connectivity index (χ2v) is 1.70. The van der Waals surface area contributed by atoms with Crippen molar-refractivity contribution in [2.45, 2.75) is 6.92 Å². The Balaban J connectivity index is 2.93. The summed E-state index contributed by atoms with van der Waals surface area (Å²) in [6.45, 7) is 1.65. The molecule has 0 N–H and O–H groups in total. The van der Waals surface area contributed by atoms with Crippen LogP contribution in [0.3, 0.4) is 0 Å². The van der Waals surface area contributed by atoms with Gasteiger partial charge in [0, 0.05) is 0 Å². The minimum atomic E-state index is -0.602. The molecule has 0 saturated carbocycles. The lowest BCUT2D eigenvalue weighted by Gasteiger charge is -1.91. The molecule has 1 rings (SSSR count). The zero-order valence-electron chi connectivity index (χ0n) is 5.46. The Morgan fingerprint density at radius 1 is 1.90 bits per heavy atom. The summed E-state index contributed by atoms with van der Waals surface area (Å²) in [7, 11) is 2.95. The van der Waals surface area contributed by atoms with Gasteiger partial charge in [0.25, 0.3) is 0 Å². The van der Waals surface area contributed by atoms with E-state index >= 15 is 0 Å². The van der Waals surface area contributed by atoms with E-state index in [0.29, 0.717) is 5.69 Å². The van der Waals surface area contributed by atoms with E-state index in [2.05, 4.69) is 16.8 Å². The van der Waals surface area contributed by atoms with Gasteiger partial charge in [-0.1, -0.05) is 0 Å². The summed E-state index contributed by atoms with van der Waals surface area (Å²) in [4.78, 5) is 14.4. The van der Waals surface area contributed by atoms with Crippen LogP contribution < -0.4 is 0 Å². The highest BCUT2D eigenvalue weighted by molar-refractivity contribution is 5.87. The Morgan fingerprint density at radius 2 is 2.60 bits per heavy atom. The molecule has 0 aliphatic carbocycles. The molecule has 1 aromatic heterocycles. The molecule has 0 saturated heterocycles. The normalized spacial score (nSPS) is 9.40. The van der Waals surface area contributed by atoms with Crippen molar-refractivity contribution >= 4 is 5.97 Å². The molecule has 4 nitrogen and oxygen atoms in total. The number of rotatable bonds is 1. The zero-order chi connectivity index (χ0) is 7.56. The van der Waals surface area contributed by atoms with Gasteiger partial charge in [-0.3, -0.25) is 0 Å². The van der Waals surface area contributed by atoms with Crippen LogP contribution in [0.15, 0.2) is 10.8 Å². The number of carbonyl (C=O) groups is 1. The third kappa shape index (κ3) is 1.00. The number of aromatic nitrogens is 1. The van der Waals surface area contributed by atoms with Crippen LogP contribution >= 0.6 is 0 Å². The molecular formula is C6H6NO3. The topological polar surface area (TPSA) is 52.3 Å². The quantitative estimate of drug-likeness (QED) is 0.544. The molecule has 1 aromatic rings. The number of nitrogens with zero attached hydrogens (tertiary/aromatic N) is 1. The van der Waals surface area contributed by atoms with Crippen LogP contribution in [0.1, 0.15) is 16.2 Å². The lowest BCUT2D eigenvalue weighted by Crippen LogP contribution is -1.99. The fourth-order valence-corrected chi connectivity index (χ4v) is 0.563. The molecule has 0 spiro atoms. The first kappa shape index (κ1) is 6.80. The minimum absolute atomic E-state index is 0.106. The highest BCUT2D eigenvalue weighted by Gasteiger charge is 2.12. The Bertz CT molecular complexity index is 241. The zero-order valence-corrected chi connectivity index (χ0v) is 5.46. The predicted molar refractivity (Wildman–Crippen MR) is 32.0 cm³/mol. The van der Waals surface area contributed by atoms with Gasteiger partial charge >= 0.3 is 5.97 Å². The van der Waals surface area contributed by atoms with Crippen LogP contribution in [0, 0.1) is 14.0 Å². The molecule has 0 aliphatic rings. The molecule has 53 valence electrons. The fourth-order valence-electron chi connectivity index (χ4n) is 0.563. The molecule has 10 heavy (non-hydrogen) atoms. The summed E-state index contributed by atoms with van der Waals surface area (Å²) in [5.41, 5.74) is 0.508. The number of esters is 1. The lowest BCUT2D eigenvalue weighted by atomic mass is 10.4. The van der Waals surface area contributed by atoms with Gasteiger partial charge in [0.15, 0.2) is 6.39 Å². The van der Waals surface area contributed by atoms with Crippen LogP contribution in [0.2, 0.25) is 0 Å². The third-order valence-electron chi connectivity index (χ3n) is 1.06. The van der Waals surface area contributed by atoms with E-state index in [4.69, 9.17) is 4.42 Å². The molecule has 0 atom stereocenters. The van der Waals surface area contributed by atoms with Gasteiger partial charge < -0.3 is 9.15 Å². The van der Waals surface area contributed by atoms with Crippen molar-refractivity contribution in [3.63, 3.8) is 0 Å². The molecule has 1 heterocycles. The highest BCUT2D eigenvalue weighted by Crippen LogP contribution is 2.05. The van der Waals surface area contributed by atoms with Gasteiger partial charge in [-0.05, 0) is 6.92 Å². The standard InChI is InChI=1S/C6H6NO3/c1-4-5(6(8)9-2)10-3-7-4/h3H,2H2,1H3. The van der Waals surface area contributed by atoms with Crippen LogP contribution in [0.5, 0.6) is 0 Å². The van der Waals surface area contributed by atoms with Crippen LogP contribution in [-0.4, -0.2) is 11.0 Å². The predicted octanol–water partition coefficient (Wildman–Crippen LogP) is 0.931. The number of aryl methyl sites for hydroxylation is 1. The van der Waals surface area contributed by atoms with Crippen LogP contribution in [0.4, 0.5) is 0 Å². The largest absolute Gasteiger partial charge is 0.456 e. The van der Waals surface area contributed by atoms with Gasteiger partial charge in [-0.25, -0.2) is 9.78 Å². The minimum Gasteiger partial charge on any atom is -0.456 e. The lowest BCUT2D eigenvalue weighted by molar-refractivity contribution is 0.0618. The second-order valence-electron chi connectivity index (χ2n) is 1.70. The molecule has 4 heteroatoms. The number of hydrogen-bond donors (Lipinski definition) is 0. The Kier molecular flexibility index (Phi) is 1.71. The molecular weight excluding hydrogens is 134 g/mol. The third-order valence-corrected chi connectivity index (χ3v) is 1.06. The molecule has 0 aromatic carbocycles. The number of oxazole rings is 1. The first-order valence-electron chi connectivity index (χ1n) is 2.62. The average Bonchev–Trinajstić information content (AvgIpc) is 2.34. The number of carbonyl (C=O) groups excluding carboxylic acids is 1. The van der Waals surface area contributed by atoms with Crippen molar-refractivity contribution in [1.82, 2.24) is 4.98 Å². The van der Waals surface area contributed by atoms with E-state index in [1.165, 1.54) is 6.39 Å². The summed E-state index contributed by atoms with van der Waals surface area (Å²) in [5, 5.41) is 0. The summed E-state index contributed by atoms with van der Waals surface area (Å²) >= 11 is 0. The van der Waals surface area contributed by atoms with Gasteiger partial charge in [-0.2, -0.15) is 0 Å². The summed E-state index contributed by atoms with van der Waals surface area (Å²) in [6.07, 6.45) is 1.18. The van der Waals surface area contributed by atoms with Crippen molar-refractivity contribution < 1.29 is 13.9 Å². The summed E-state index contributed by atoms with van der Waals surface area (Å²) < 4.78 is 8.84. The van der Waals surface area contributed by atoms with Crippen molar-refractivity contribution in [3.8, 4) is 0 Å². The van der Waals surface area contributed by atoms with Gasteiger partial charge in [0.2, 0.25) is 5.76 Å². The van der Waals surface area contributed by atoms with E-state index in [1.807, 2.05) is 0 Å². The second kappa shape index (κ2) is 2.51. The van der Waals surface area contributed by atoms with E-state index in [1.54, 1.807) is 6.92 Å². The maximum Gasteiger partial charge on any atom is 0.376 e. The van der Waals surface area contributed by atoms with E-state index < -0.39 is 5.97 Å². The van der Waals surface area contributed by atoms with Crippen molar-refractivity contribution in [2.24, 2.45) is 0 Å². The van der Waals surface area contributed by atoms with Crippen LogP contribution in [-0.2, 0) is 4.74 Å². The summed E-state index contributed by atoms with van der Waals surface area (Å²) in [6, 6.07) is 0. The van der Waals surface area contributed by atoms with Crippen molar-refractivity contribution in [1.29, 1.82) is 0 Å². The van der Waals surface area contributed by atoms with Crippen LogP contribution in [0.25, 0.3) is 0 Å². The fraction of sp³-hybridized carbons (Fsp3) is 0.167. The monoisotopic (exact) mass is 140 g/mol. The van der Waals surface area contributed by atoms with Gasteiger partial charge in [0.1, 0.15) is 7.11 Å². The van der Waals surface area contributed by atoms with Crippen molar-refractivity contribution in [2.75, 3.05) is 0 Å². The van der Waals surface area contributed by atoms with Crippen molar-refractivity contribution in [3.05, 3.63) is 25.0 Å². The van der Waals surface area contributed by atoms with E-state index in [-0.39, 0.29) is 5.76 Å². The maximum absolute atomic E-state index is 10.7. The number of hydrogen-bond acceptors (Lipinski definition) is 4. The van der Waals surface area contributed by atoms with Gasteiger partial charge in [-0.15, -0.1) is 0 Å². The van der Waals surface area contributed by atoms with E-state index in [9.17, 15) is 4.79 Å². The molecule has 1 radical (unpaired) electrons. The molecule has 0 aliphatic heterocycles. The first-order chi connectivity index (χ1) is 4.75. The summed E-state index contributed by atoms with van der Waals surface area (Å²) in [5.74, 6) is -0.495. The first-order valence-corrected chi connectivity index (χ1v) is 2.62. The maximum atomic E-state index is 10.7. The SMILES string of the molecule is [CH2]OC(=O)c1ocnc1C.